The summed E-state index contributed by atoms with van der Waals surface area (Å²) in [5, 5.41) is 9.38. The summed E-state index contributed by atoms with van der Waals surface area (Å²) in [5.41, 5.74) is 1.10. The zero-order chi connectivity index (χ0) is 11.4. The van der Waals surface area contributed by atoms with E-state index in [0.29, 0.717) is 0 Å². The van der Waals surface area contributed by atoms with Crippen molar-refractivity contribution in [2.24, 2.45) is 0 Å². The lowest BCUT2D eigenvalue weighted by Crippen LogP contribution is -2.32. The molecule has 0 unspecified atom stereocenters. The molecule has 1 aromatic rings. The number of thioether (sulfide) groups is 1. The molecule has 16 heavy (non-hydrogen) atoms. The largest absolute Gasteiger partial charge is 0.197 e. The average Bonchev–Trinajstić information content (AvgIpc) is 2.27. The van der Waals surface area contributed by atoms with E-state index in [1.165, 1.54) is 23.3 Å². The Balaban J connectivity index is 2.29. The van der Waals surface area contributed by atoms with Crippen LogP contribution in [0.25, 0.3) is 0 Å². The van der Waals surface area contributed by atoms with Gasteiger partial charge in [-0.1, -0.05) is 25.1 Å². The monoisotopic (exact) mass is 231 g/mol. The highest BCUT2D eigenvalue weighted by atomic mass is 32.2. The van der Waals surface area contributed by atoms with Gasteiger partial charge in [0.25, 0.3) is 0 Å². The van der Waals surface area contributed by atoms with Crippen molar-refractivity contribution in [3.8, 4) is 6.07 Å². The Morgan fingerprint density at radius 2 is 2.12 bits per heavy atom. The van der Waals surface area contributed by atoms with Crippen LogP contribution in [-0.4, -0.2) is 5.75 Å². The first-order valence-corrected chi connectivity index (χ1v) is 6.94. The maximum atomic E-state index is 9.38. The lowest BCUT2D eigenvalue weighted by molar-refractivity contribution is 0.319. The molecule has 1 nitrogen and oxygen atoms in total. The van der Waals surface area contributed by atoms with Gasteiger partial charge in [0.15, 0.2) is 0 Å². The fourth-order valence-corrected chi connectivity index (χ4v) is 3.19. The zero-order valence-electron chi connectivity index (χ0n) is 9.70. The fourth-order valence-electron chi connectivity index (χ4n) is 2.17. The third-order valence-electron chi connectivity index (χ3n) is 3.29. The number of hydrogen-bond donors (Lipinski definition) is 0. The van der Waals surface area contributed by atoms with Crippen LogP contribution in [-0.2, 0) is 5.41 Å². The number of benzene rings is 1. The maximum Gasteiger partial charge on any atom is 0.0833 e. The highest BCUT2D eigenvalue weighted by molar-refractivity contribution is 7.99. The summed E-state index contributed by atoms with van der Waals surface area (Å²) in [6.07, 6.45) is 4.44. The van der Waals surface area contributed by atoms with Gasteiger partial charge in [-0.05, 0) is 43.1 Å². The van der Waals surface area contributed by atoms with Crippen molar-refractivity contribution in [1.29, 1.82) is 5.26 Å². The second kappa shape index (κ2) is 4.93. The standard InChI is InChI=1S/C14H17NS/c1-2-10-16-13-7-4-3-6-12(13)14(11-15)8-5-9-14/h3-4,6-7H,2,5,8-10H2,1H3. The van der Waals surface area contributed by atoms with Gasteiger partial charge >= 0.3 is 0 Å². The van der Waals surface area contributed by atoms with Gasteiger partial charge < -0.3 is 0 Å². The van der Waals surface area contributed by atoms with Crippen molar-refractivity contribution in [2.45, 2.75) is 42.9 Å². The average molecular weight is 231 g/mol. The Bertz CT molecular complexity index is 401. The lowest BCUT2D eigenvalue weighted by atomic mass is 9.65. The van der Waals surface area contributed by atoms with E-state index < -0.39 is 0 Å². The quantitative estimate of drug-likeness (QED) is 0.727. The van der Waals surface area contributed by atoms with Crippen molar-refractivity contribution >= 4 is 11.8 Å². The minimum absolute atomic E-state index is 0.169. The molecule has 0 saturated heterocycles. The molecule has 0 aromatic heterocycles. The van der Waals surface area contributed by atoms with Crippen LogP contribution in [0.2, 0.25) is 0 Å². The summed E-state index contributed by atoms with van der Waals surface area (Å²) < 4.78 is 0. The number of nitriles is 1. The molecular formula is C14H17NS. The van der Waals surface area contributed by atoms with Gasteiger partial charge in [-0.15, -0.1) is 11.8 Å². The van der Waals surface area contributed by atoms with Crippen LogP contribution >= 0.6 is 11.8 Å². The second-order valence-corrected chi connectivity index (χ2v) is 5.53. The SMILES string of the molecule is CCCSc1ccccc1C1(C#N)CCC1. The molecule has 1 saturated carbocycles. The van der Waals surface area contributed by atoms with Gasteiger partial charge in [0.2, 0.25) is 0 Å². The van der Waals surface area contributed by atoms with E-state index in [0.717, 1.165) is 18.6 Å². The third-order valence-corrected chi connectivity index (χ3v) is 4.56. The van der Waals surface area contributed by atoms with Crippen molar-refractivity contribution in [1.82, 2.24) is 0 Å². The molecule has 1 aliphatic rings. The highest BCUT2D eigenvalue weighted by Gasteiger charge is 2.40. The third kappa shape index (κ3) is 1.97. The summed E-state index contributed by atoms with van der Waals surface area (Å²) in [6.45, 7) is 2.19. The first-order chi connectivity index (χ1) is 7.82. The molecule has 1 aliphatic carbocycles. The van der Waals surface area contributed by atoms with Crippen LogP contribution in [0.4, 0.5) is 0 Å². The van der Waals surface area contributed by atoms with Gasteiger partial charge in [0.05, 0.1) is 11.5 Å². The predicted octanol–water partition coefficient (Wildman–Crippen LogP) is 4.13. The smallest absolute Gasteiger partial charge is 0.0833 e. The minimum atomic E-state index is -0.169. The van der Waals surface area contributed by atoms with Crippen molar-refractivity contribution < 1.29 is 0 Å². The molecule has 2 heteroatoms. The van der Waals surface area contributed by atoms with E-state index in [9.17, 15) is 5.26 Å². The van der Waals surface area contributed by atoms with E-state index in [2.05, 4.69) is 37.3 Å². The van der Waals surface area contributed by atoms with E-state index in [1.54, 1.807) is 0 Å². The highest BCUT2D eigenvalue weighted by Crippen LogP contribution is 2.46. The molecule has 0 bridgehead atoms. The molecule has 84 valence electrons. The Morgan fingerprint density at radius 1 is 1.38 bits per heavy atom. The maximum absolute atomic E-state index is 9.38. The zero-order valence-corrected chi connectivity index (χ0v) is 10.5. The van der Waals surface area contributed by atoms with Crippen molar-refractivity contribution in [3.05, 3.63) is 29.8 Å². The Labute approximate surface area is 102 Å². The number of nitrogens with zero attached hydrogens (tertiary/aromatic N) is 1. The number of rotatable bonds is 4. The normalized spacial score (nSPS) is 17.5. The molecule has 1 fully saturated rings. The molecule has 0 radical (unpaired) electrons. The fraction of sp³-hybridized carbons (Fsp3) is 0.500. The van der Waals surface area contributed by atoms with E-state index >= 15 is 0 Å². The van der Waals surface area contributed by atoms with Gasteiger partial charge in [-0.3, -0.25) is 0 Å². The van der Waals surface area contributed by atoms with Crippen LogP contribution in [0.5, 0.6) is 0 Å². The van der Waals surface area contributed by atoms with E-state index in [1.807, 2.05) is 11.8 Å². The van der Waals surface area contributed by atoms with Crippen molar-refractivity contribution in [2.75, 3.05) is 5.75 Å². The molecule has 0 amide bonds. The molecule has 0 heterocycles. The number of hydrogen-bond acceptors (Lipinski definition) is 2. The first-order valence-electron chi connectivity index (χ1n) is 5.96. The van der Waals surface area contributed by atoms with Gasteiger partial charge in [-0.25, -0.2) is 0 Å². The summed E-state index contributed by atoms with van der Waals surface area (Å²) in [7, 11) is 0. The molecule has 1 aromatic carbocycles. The first kappa shape index (κ1) is 11.5. The van der Waals surface area contributed by atoms with Gasteiger partial charge in [0.1, 0.15) is 0 Å². The van der Waals surface area contributed by atoms with Crippen LogP contribution in [0.15, 0.2) is 29.2 Å². The molecule has 0 aliphatic heterocycles. The van der Waals surface area contributed by atoms with E-state index in [4.69, 9.17) is 0 Å². The van der Waals surface area contributed by atoms with Crippen LogP contribution < -0.4 is 0 Å². The Kier molecular flexibility index (Phi) is 3.56. The summed E-state index contributed by atoms with van der Waals surface area (Å²) >= 11 is 1.89. The molecule has 0 spiro atoms. The van der Waals surface area contributed by atoms with Gasteiger partial charge in [0, 0.05) is 4.90 Å². The Morgan fingerprint density at radius 3 is 2.69 bits per heavy atom. The Hall–Kier alpha value is -0.940. The van der Waals surface area contributed by atoms with Gasteiger partial charge in [-0.2, -0.15) is 5.26 Å². The van der Waals surface area contributed by atoms with Crippen LogP contribution in [0.3, 0.4) is 0 Å². The van der Waals surface area contributed by atoms with Crippen molar-refractivity contribution in [3.63, 3.8) is 0 Å². The second-order valence-electron chi connectivity index (χ2n) is 4.39. The molecule has 0 N–H and O–H groups in total. The summed E-state index contributed by atoms with van der Waals surface area (Å²) in [6, 6.07) is 11.0. The summed E-state index contributed by atoms with van der Waals surface area (Å²) in [4.78, 5) is 1.31. The predicted molar refractivity (Wildman–Crippen MR) is 68.6 cm³/mol. The minimum Gasteiger partial charge on any atom is -0.197 e. The van der Waals surface area contributed by atoms with E-state index in [-0.39, 0.29) is 5.41 Å². The van der Waals surface area contributed by atoms with Crippen LogP contribution in [0.1, 0.15) is 38.2 Å². The molecule has 0 atom stereocenters. The van der Waals surface area contributed by atoms with Crippen LogP contribution in [0, 0.1) is 11.3 Å². The summed E-state index contributed by atoms with van der Waals surface area (Å²) in [5.74, 6) is 1.14. The molecule has 2 rings (SSSR count). The topological polar surface area (TPSA) is 23.8 Å². The molecular weight excluding hydrogens is 214 g/mol. The lowest BCUT2D eigenvalue weighted by Gasteiger charge is -2.36.